The summed E-state index contributed by atoms with van der Waals surface area (Å²) >= 11 is 1.09. The van der Waals surface area contributed by atoms with Crippen molar-refractivity contribution in [2.45, 2.75) is 4.21 Å². The number of thiophene rings is 1. The topological polar surface area (TPSA) is 96.0 Å². The van der Waals surface area contributed by atoms with Gasteiger partial charge in [0.2, 0.25) is 20.0 Å². The van der Waals surface area contributed by atoms with Crippen LogP contribution in [0, 0.1) is 0 Å². The SMILES string of the molecule is COc1ccc(N2CCN(S(=O)(=O)CCNS(=O)(=O)c3cccs3)CC2)cc1. The number of rotatable bonds is 8. The van der Waals surface area contributed by atoms with Gasteiger partial charge < -0.3 is 9.64 Å². The van der Waals surface area contributed by atoms with Gasteiger partial charge in [0.15, 0.2) is 0 Å². The summed E-state index contributed by atoms with van der Waals surface area (Å²) in [7, 11) is -5.57. The standard InChI is InChI=1S/C17H23N3O5S3/c1-25-16-6-4-15(5-7-16)19-9-11-20(12-10-19)27(21,22)14-8-18-28(23,24)17-3-2-13-26-17/h2-7,13,18H,8-12,14H2,1H3. The molecule has 1 aromatic carbocycles. The molecule has 3 rings (SSSR count). The molecular formula is C17H23N3O5S3. The second-order valence-electron chi connectivity index (χ2n) is 6.23. The van der Waals surface area contributed by atoms with Gasteiger partial charge in [-0.05, 0) is 35.7 Å². The van der Waals surface area contributed by atoms with Crippen molar-refractivity contribution in [2.24, 2.45) is 0 Å². The van der Waals surface area contributed by atoms with E-state index in [9.17, 15) is 16.8 Å². The number of sulfonamides is 2. The second-order valence-corrected chi connectivity index (χ2v) is 11.3. The predicted molar refractivity (Wildman–Crippen MR) is 110 cm³/mol. The molecule has 1 fully saturated rings. The van der Waals surface area contributed by atoms with Crippen LogP contribution in [0.15, 0.2) is 46.0 Å². The fourth-order valence-corrected chi connectivity index (χ4v) is 6.48. The maximum Gasteiger partial charge on any atom is 0.250 e. The minimum absolute atomic E-state index is 0.152. The zero-order valence-electron chi connectivity index (χ0n) is 15.4. The Kier molecular flexibility index (Phi) is 6.61. The van der Waals surface area contributed by atoms with Gasteiger partial charge in [-0.3, -0.25) is 0 Å². The molecule has 1 aromatic heterocycles. The number of piperazine rings is 1. The van der Waals surface area contributed by atoms with Gasteiger partial charge >= 0.3 is 0 Å². The van der Waals surface area contributed by atoms with Crippen molar-refractivity contribution in [2.75, 3.05) is 50.5 Å². The first-order chi connectivity index (χ1) is 13.3. The van der Waals surface area contributed by atoms with Crippen LogP contribution < -0.4 is 14.4 Å². The first kappa shape index (κ1) is 21.1. The Morgan fingerprint density at radius 1 is 1.04 bits per heavy atom. The highest BCUT2D eigenvalue weighted by atomic mass is 32.2. The number of nitrogens with zero attached hydrogens (tertiary/aromatic N) is 2. The Morgan fingerprint density at radius 2 is 1.71 bits per heavy atom. The van der Waals surface area contributed by atoms with Crippen LogP contribution in [-0.2, 0) is 20.0 Å². The summed E-state index contributed by atoms with van der Waals surface area (Å²) in [5, 5.41) is 1.66. The molecular weight excluding hydrogens is 422 g/mol. The molecule has 2 heterocycles. The molecule has 1 aliphatic heterocycles. The molecule has 0 bridgehead atoms. The van der Waals surface area contributed by atoms with Crippen molar-refractivity contribution in [3.8, 4) is 5.75 Å². The fraction of sp³-hybridized carbons (Fsp3) is 0.412. The Labute approximate surface area is 169 Å². The summed E-state index contributed by atoms with van der Waals surface area (Å²) in [5.41, 5.74) is 1.02. The number of ether oxygens (including phenoxy) is 1. The van der Waals surface area contributed by atoms with E-state index in [1.807, 2.05) is 24.3 Å². The van der Waals surface area contributed by atoms with Crippen molar-refractivity contribution in [3.63, 3.8) is 0 Å². The lowest BCUT2D eigenvalue weighted by Gasteiger charge is -2.35. The minimum atomic E-state index is -3.65. The van der Waals surface area contributed by atoms with Crippen LogP contribution in [0.25, 0.3) is 0 Å². The maximum atomic E-state index is 12.5. The average molecular weight is 446 g/mol. The lowest BCUT2D eigenvalue weighted by atomic mass is 10.2. The van der Waals surface area contributed by atoms with Gasteiger partial charge in [-0.1, -0.05) is 6.07 Å². The zero-order valence-corrected chi connectivity index (χ0v) is 17.9. The summed E-state index contributed by atoms with van der Waals surface area (Å²) in [6.07, 6.45) is 0. The monoisotopic (exact) mass is 445 g/mol. The molecule has 2 aromatic rings. The number of nitrogens with one attached hydrogen (secondary N) is 1. The molecule has 1 saturated heterocycles. The van der Waals surface area contributed by atoms with Crippen LogP contribution >= 0.6 is 11.3 Å². The molecule has 0 saturated carbocycles. The van der Waals surface area contributed by atoms with Crippen molar-refractivity contribution in [1.82, 2.24) is 9.03 Å². The Bertz CT molecular complexity index is 966. The largest absolute Gasteiger partial charge is 0.497 e. The molecule has 0 atom stereocenters. The van der Waals surface area contributed by atoms with E-state index in [1.165, 1.54) is 10.4 Å². The number of anilines is 1. The van der Waals surface area contributed by atoms with E-state index in [-0.39, 0.29) is 16.5 Å². The van der Waals surface area contributed by atoms with Crippen LogP contribution in [0.2, 0.25) is 0 Å². The van der Waals surface area contributed by atoms with Gasteiger partial charge in [0.25, 0.3) is 0 Å². The lowest BCUT2D eigenvalue weighted by Crippen LogP contribution is -2.50. The fourth-order valence-electron chi connectivity index (χ4n) is 2.94. The highest BCUT2D eigenvalue weighted by molar-refractivity contribution is 7.91. The van der Waals surface area contributed by atoms with Gasteiger partial charge in [0.1, 0.15) is 9.96 Å². The summed E-state index contributed by atoms with van der Waals surface area (Å²) in [6.45, 7) is 1.73. The van der Waals surface area contributed by atoms with E-state index in [4.69, 9.17) is 4.74 Å². The van der Waals surface area contributed by atoms with Crippen LogP contribution in [0.3, 0.4) is 0 Å². The Morgan fingerprint density at radius 3 is 2.29 bits per heavy atom. The minimum Gasteiger partial charge on any atom is -0.497 e. The van der Waals surface area contributed by atoms with Gasteiger partial charge in [-0.2, -0.15) is 4.31 Å². The average Bonchev–Trinajstić information content (AvgIpc) is 3.24. The summed E-state index contributed by atoms with van der Waals surface area (Å²) in [5.74, 6) is 0.509. The van der Waals surface area contributed by atoms with Crippen LogP contribution in [0.4, 0.5) is 5.69 Å². The number of benzene rings is 1. The van der Waals surface area contributed by atoms with Crippen molar-refractivity contribution >= 4 is 37.1 Å². The van der Waals surface area contributed by atoms with Crippen LogP contribution in [-0.4, -0.2) is 66.7 Å². The highest BCUT2D eigenvalue weighted by Gasteiger charge is 2.27. The van der Waals surface area contributed by atoms with E-state index in [2.05, 4.69) is 9.62 Å². The summed E-state index contributed by atoms with van der Waals surface area (Å²) < 4.78 is 58.3. The molecule has 11 heteroatoms. The summed E-state index contributed by atoms with van der Waals surface area (Å²) in [6, 6.07) is 10.8. The lowest BCUT2D eigenvalue weighted by molar-refractivity contribution is 0.384. The van der Waals surface area contributed by atoms with Gasteiger partial charge in [-0.25, -0.2) is 21.6 Å². The molecule has 8 nitrogen and oxygen atoms in total. The van der Waals surface area contributed by atoms with E-state index < -0.39 is 20.0 Å². The number of methoxy groups -OCH3 is 1. The Balaban J connectivity index is 1.51. The molecule has 0 amide bonds. The maximum absolute atomic E-state index is 12.5. The second kappa shape index (κ2) is 8.78. The highest BCUT2D eigenvalue weighted by Crippen LogP contribution is 2.21. The molecule has 0 radical (unpaired) electrons. The smallest absolute Gasteiger partial charge is 0.250 e. The van der Waals surface area contributed by atoms with E-state index in [0.717, 1.165) is 22.8 Å². The first-order valence-electron chi connectivity index (χ1n) is 8.72. The van der Waals surface area contributed by atoms with Crippen molar-refractivity contribution in [3.05, 3.63) is 41.8 Å². The third-order valence-electron chi connectivity index (χ3n) is 4.48. The van der Waals surface area contributed by atoms with E-state index in [1.54, 1.807) is 18.6 Å². The van der Waals surface area contributed by atoms with Crippen LogP contribution in [0.5, 0.6) is 5.75 Å². The van der Waals surface area contributed by atoms with Gasteiger partial charge in [-0.15, -0.1) is 11.3 Å². The van der Waals surface area contributed by atoms with Crippen molar-refractivity contribution in [1.29, 1.82) is 0 Å². The quantitative estimate of drug-likeness (QED) is 0.656. The van der Waals surface area contributed by atoms with E-state index >= 15 is 0 Å². The molecule has 0 spiro atoms. The summed E-state index contributed by atoms with van der Waals surface area (Å²) in [4.78, 5) is 2.12. The van der Waals surface area contributed by atoms with Crippen molar-refractivity contribution < 1.29 is 21.6 Å². The van der Waals surface area contributed by atoms with Crippen LogP contribution in [0.1, 0.15) is 0 Å². The van der Waals surface area contributed by atoms with E-state index in [0.29, 0.717) is 26.2 Å². The molecule has 154 valence electrons. The van der Waals surface area contributed by atoms with Gasteiger partial charge in [0, 0.05) is 38.4 Å². The molecule has 0 unspecified atom stereocenters. The van der Waals surface area contributed by atoms with Gasteiger partial charge in [0.05, 0.1) is 12.9 Å². The number of hydrogen-bond donors (Lipinski definition) is 1. The third-order valence-corrected chi connectivity index (χ3v) is 9.21. The molecule has 1 aliphatic rings. The third kappa shape index (κ3) is 5.03. The predicted octanol–water partition coefficient (Wildman–Crippen LogP) is 1.19. The number of hydrogen-bond acceptors (Lipinski definition) is 7. The Hall–Kier alpha value is -1.66. The molecule has 1 N–H and O–H groups in total. The zero-order chi connectivity index (χ0) is 20.2. The molecule has 0 aliphatic carbocycles. The normalized spacial score (nSPS) is 16.2. The molecule has 28 heavy (non-hydrogen) atoms. The first-order valence-corrected chi connectivity index (χ1v) is 12.7.